The topological polar surface area (TPSA) is 84.1 Å². The van der Waals surface area contributed by atoms with Crippen LogP contribution in [0.5, 0.6) is 0 Å². The van der Waals surface area contributed by atoms with Crippen LogP contribution < -0.4 is 11.1 Å². The van der Waals surface area contributed by atoms with E-state index in [2.05, 4.69) is 21.9 Å². The number of piperidine rings is 1. The van der Waals surface area contributed by atoms with E-state index in [0.29, 0.717) is 11.7 Å². The van der Waals surface area contributed by atoms with Gasteiger partial charge in [0.2, 0.25) is 5.91 Å². The van der Waals surface area contributed by atoms with Gasteiger partial charge >= 0.3 is 0 Å². The second-order valence-electron chi connectivity index (χ2n) is 6.20. The third-order valence-electron chi connectivity index (χ3n) is 4.60. The normalized spacial score (nSPS) is 15.0. The molecule has 0 saturated carbocycles. The van der Waals surface area contributed by atoms with Gasteiger partial charge in [-0.25, -0.2) is 9.97 Å². The predicted molar refractivity (Wildman–Crippen MR) is 99.9 cm³/mol. The summed E-state index contributed by atoms with van der Waals surface area (Å²) in [4.78, 5) is 22.0. The third-order valence-corrected chi connectivity index (χ3v) is 4.60. The number of amides is 1. The number of rotatable bonds is 5. The Kier molecular flexibility index (Phi) is 5.28. The number of anilines is 2. The highest BCUT2D eigenvalue weighted by Crippen LogP contribution is 2.30. The van der Waals surface area contributed by atoms with Crippen molar-refractivity contribution in [3.05, 3.63) is 49.3 Å². The molecular formula is C19H23N5O. The second kappa shape index (κ2) is 7.79. The molecule has 0 aliphatic carbocycles. The molecule has 3 N–H and O–H groups in total. The van der Waals surface area contributed by atoms with Crippen molar-refractivity contribution in [2.45, 2.75) is 12.8 Å². The molecule has 2 heterocycles. The van der Waals surface area contributed by atoms with Gasteiger partial charge in [-0.05, 0) is 30.4 Å². The molecule has 0 radical (unpaired) electrons. The van der Waals surface area contributed by atoms with E-state index in [4.69, 9.17) is 5.73 Å². The van der Waals surface area contributed by atoms with Crippen molar-refractivity contribution >= 4 is 17.5 Å². The highest BCUT2D eigenvalue weighted by Gasteiger charge is 2.22. The van der Waals surface area contributed by atoms with Crippen LogP contribution in [0, 0.1) is 5.92 Å². The molecule has 6 heteroatoms. The summed E-state index contributed by atoms with van der Waals surface area (Å²) in [7, 11) is 0. The SMILES string of the molecule is C=CC(=O)N1CCC(CNc2ncnc(N)c2-c2ccccc2)CC1. The molecule has 1 aromatic carbocycles. The Morgan fingerprint density at radius 2 is 2.00 bits per heavy atom. The lowest BCUT2D eigenvalue weighted by atomic mass is 9.96. The molecule has 1 fully saturated rings. The summed E-state index contributed by atoms with van der Waals surface area (Å²) >= 11 is 0. The maximum Gasteiger partial charge on any atom is 0.245 e. The number of benzene rings is 1. The minimum Gasteiger partial charge on any atom is -0.383 e. The Labute approximate surface area is 147 Å². The van der Waals surface area contributed by atoms with Crippen LogP contribution in [0.1, 0.15) is 12.8 Å². The van der Waals surface area contributed by atoms with Crippen LogP contribution in [-0.4, -0.2) is 40.4 Å². The van der Waals surface area contributed by atoms with E-state index < -0.39 is 0 Å². The Morgan fingerprint density at radius 1 is 1.28 bits per heavy atom. The molecule has 1 saturated heterocycles. The standard InChI is InChI=1S/C19H23N5O/c1-2-16(25)24-10-8-14(9-11-24)12-21-19-17(18(20)22-13-23-19)15-6-4-3-5-7-15/h2-7,13-14H,1,8-12H2,(H3,20,21,22,23). The molecule has 0 bridgehead atoms. The van der Waals surface area contributed by atoms with Crippen molar-refractivity contribution in [2.24, 2.45) is 5.92 Å². The van der Waals surface area contributed by atoms with E-state index in [1.54, 1.807) is 0 Å². The lowest BCUT2D eigenvalue weighted by Gasteiger charge is -2.31. The molecule has 0 atom stereocenters. The van der Waals surface area contributed by atoms with Crippen LogP contribution in [-0.2, 0) is 4.79 Å². The summed E-state index contributed by atoms with van der Waals surface area (Å²) in [6.45, 7) is 5.89. The van der Waals surface area contributed by atoms with Crippen LogP contribution >= 0.6 is 0 Å². The van der Waals surface area contributed by atoms with Crippen molar-refractivity contribution in [1.29, 1.82) is 0 Å². The van der Waals surface area contributed by atoms with Crippen LogP contribution in [0.4, 0.5) is 11.6 Å². The molecule has 1 aliphatic heterocycles. The van der Waals surface area contributed by atoms with Crippen LogP contribution in [0.2, 0.25) is 0 Å². The summed E-state index contributed by atoms with van der Waals surface area (Å²) in [6, 6.07) is 9.91. The van der Waals surface area contributed by atoms with Gasteiger partial charge < -0.3 is 16.0 Å². The zero-order valence-corrected chi connectivity index (χ0v) is 14.2. The van der Waals surface area contributed by atoms with Gasteiger partial charge in [-0.1, -0.05) is 36.9 Å². The quantitative estimate of drug-likeness (QED) is 0.819. The van der Waals surface area contributed by atoms with E-state index in [1.807, 2.05) is 35.2 Å². The number of carbonyl (C=O) groups excluding carboxylic acids is 1. The molecule has 2 aromatic rings. The predicted octanol–water partition coefficient (Wildman–Crippen LogP) is 2.56. The smallest absolute Gasteiger partial charge is 0.245 e. The van der Waals surface area contributed by atoms with Crippen molar-refractivity contribution in [3.8, 4) is 11.1 Å². The summed E-state index contributed by atoms with van der Waals surface area (Å²) in [5.74, 6) is 1.73. The minimum atomic E-state index is 0.0151. The fourth-order valence-electron chi connectivity index (χ4n) is 3.15. The van der Waals surface area contributed by atoms with E-state index in [0.717, 1.165) is 49.4 Å². The zero-order chi connectivity index (χ0) is 17.6. The number of nitrogens with two attached hydrogens (primary N) is 1. The monoisotopic (exact) mass is 337 g/mol. The molecule has 0 unspecified atom stereocenters. The number of nitrogens with zero attached hydrogens (tertiary/aromatic N) is 3. The Morgan fingerprint density at radius 3 is 2.68 bits per heavy atom. The lowest BCUT2D eigenvalue weighted by Crippen LogP contribution is -2.39. The van der Waals surface area contributed by atoms with Gasteiger partial charge in [0.1, 0.15) is 18.0 Å². The van der Waals surface area contributed by atoms with Gasteiger partial charge in [0.25, 0.3) is 0 Å². The fourth-order valence-corrected chi connectivity index (χ4v) is 3.15. The average Bonchev–Trinajstić information content (AvgIpc) is 2.67. The first-order valence-electron chi connectivity index (χ1n) is 8.50. The van der Waals surface area contributed by atoms with Crippen molar-refractivity contribution < 1.29 is 4.79 Å². The fraction of sp³-hybridized carbons (Fsp3) is 0.316. The molecule has 3 rings (SSSR count). The lowest BCUT2D eigenvalue weighted by molar-refractivity contribution is -0.127. The third kappa shape index (κ3) is 3.96. The van der Waals surface area contributed by atoms with Gasteiger partial charge in [0.05, 0.1) is 5.56 Å². The number of hydrogen-bond donors (Lipinski definition) is 2. The molecule has 1 aromatic heterocycles. The zero-order valence-electron chi connectivity index (χ0n) is 14.2. The number of carbonyl (C=O) groups is 1. The molecule has 6 nitrogen and oxygen atoms in total. The Bertz CT molecular complexity index is 739. The van der Waals surface area contributed by atoms with Crippen molar-refractivity contribution in [2.75, 3.05) is 30.7 Å². The van der Waals surface area contributed by atoms with Crippen LogP contribution in [0.15, 0.2) is 49.3 Å². The number of nitrogens with one attached hydrogen (secondary N) is 1. The second-order valence-corrected chi connectivity index (χ2v) is 6.20. The summed E-state index contributed by atoms with van der Waals surface area (Å²) in [5.41, 5.74) is 7.91. The number of likely N-dealkylation sites (tertiary alicyclic amines) is 1. The molecule has 0 spiro atoms. The summed E-state index contributed by atoms with van der Waals surface area (Å²) in [6.07, 6.45) is 4.80. The summed E-state index contributed by atoms with van der Waals surface area (Å²) in [5, 5.41) is 3.43. The first-order valence-corrected chi connectivity index (χ1v) is 8.50. The van der Waals surface area contributed by atoms with Crippen molar-refractivity contribution in [3.63, 3.8) is 0 Å². The molecular weight excluding hydrogens is 314 g/mol. The minimum absolute atomic E-state index is 0.0151. The van der Waals surface area contributed by atoms with Gasteiger partial charge in [0.15, 0.2) is 0 Å². The van der Waals surface area contributed by atoms with E-state index in [-0.39, 0.29) is 5.91 Å². The largest absolute Gasteiger partial charge is 0.383 e. The molecule has 25 heavy (non-hydrogen) atoms. The van der Waals surface area contributed by atoms with Gasteiger partial charge in [0, 0.05) is 19.6 Å². The number of aromatic nitrogens is 2. The Hall–Kier alpha value is -2.89. The highest BCUT2D eigenvalue weighted by molar-refractivity contribution is 5.87. The van der Waals surface area contributed by atoms with E-state index >= 15 is 0 Å². The van der Waals surface area contributed by atoms with Gasteiger partial charge in [-0.2, -0.15) is 0 Å². The summed E-state index contributed by atoms with van der Waals surface area (Å²) < 4.78 is 0. The maximum atomic E-state index is 11.7. The first kappa shape index (κ1) is 17.0. The van der Waals surface area contributed by atoms with Crippen molar-refractivity contribution in [1.82, 2.24) is 14.9 Å². The first-order chi connectivity index (χ1) is 12.2. The highest BCUT2D eigenvalue weighted by atomic mass is 16.2. The van der Waals surface area contributed by atoms with Gasteiger partial charge in [-0.3, -0.25) is 4.79 Å². The molecule has 130 valence electrons. The van der Waals surface area contributed by atoms with Crippen LogP contribution in [0.3, 0.4) is 0 Å². The average molecular weight is 337 g/mol. The maximum absolute atomic E-state index is 11.7. The molecule has 1 amide bonds. The van der Waals surface area contributed by atoms with E-state index in [1.165, 1.54) is 12.4 Å². The molecule has 1 aliphatic rings. The van der Waals surface area contributed by atoms with E-state index in [9.17, 15) is 4.79 Å². The van der Waals surface area contributed by atoms with Crippen LogP contribution in [0.25, 0.3) is 11.1 Å². The number of hydrogen-bond acceptors (Lipinski definition) is 5. The Balaban J connectivity index is 1.66. The van der Waals surface area contributed by atoms with Gasteiger partial charge in [-0.15, -0.1) is 0 Å². The number of nitrogen functional groups attached to an aromatic ring is 1.